The second-order valence-electron chi connectivity index (χ2n) is 4.65. The fourth-order valence-corrected chi connectivity index (χ4v) is 5.44. The molecule has 0 spiro atoms. The molecule has 0 heterocycles. The maximum absolute atomic E-state index is 12.0. The predicted molar refractivity (Wildman–Crippen MR) is 85.6 cm³/mol. The molecular weight excluding hydrogens is 386 g/mol. The molecule has 0 aromatic heterocycles. The minimum atomic E-state index is -3.71. The lowest BCUT2D eigenvalue weighted by Crippen LogP contribution is -2.49. The molecule has 1 rings (SSSR count). The Labute approximate surface area is 143 Å². The van der Waals surface area contributed by atoms with Gasteiger partial charge in [-0.25, -0.2) is 8.42 Å². The minimum absolute atomic E-state index is 0.433. The first-order valence-corrected chi connectivity index (χ1v) is 10.1. The molecule has 10 heteroatoms. The summed E-state index contributed by atoms with van der Waals surface area (Å²) < 4.78 is 23.3. The molecule has 4 nitrogen and oxygen atoms in total. The lowest BCUT2D eigenvalue weighted by atomic mass is 9.84. The summed E-state index contributed by atoms with van der Waals surface area (Å²) in [5, 5.41) is 9.49. The smallest absolute Gasteiger partial charge is 0.212 e. The largest absolute Gasteiger partial charge is 0.222 e. The summed E-state index contributed by atoms with van der Waals surface area (Å²) in [6.45, 7) is 0. The number of nitriles is 1. The normalized spacial score (nSPS) is 20.1. The summed E-state index contributed by atoms with van der Waals surface area (Å²) in [6.07, 6.45) is 4.37. The summed E-state index contributed by atoms with van der Waals surface area (Å²) in [4.78, 5) is -1.21. The zero-order valence-electron chi connectivity index (χ0n) is 10.7. The van der Waals surface area contributed by atoms with Crippen molar-refractivity contribution in [2.75, 3.05) is 6.26 Å². The summed E-state index contributed by atoms with van der Waals surface area (Å²) in [6, 6.07) is 2.11. The first-order chi connectivity index (χ1) is 9.05. The van der Waals surface area contributed by atoms with Crippen molar-refractivity contribution < 1.29 is 8.42 Å². The van der Waals surface area contributed by atoms with Crippen LogP contribution in [0.5, 0.6) is 0 Å². The van der Waals surface area contributed by atoms with E-state index in [9.17, 15) is 13.7 Å². The number of nitrogens with zero attached hydrogens (tertiary/aromatic N) is 2. The Morgan fingerprint density at radius 1 is 1.30 bits per heavy atom. The van der Waals surface area contributed by atoms with Crippen LogP contribution in [0, 0.1) is 11.3 Å². The fraction of sp³-hybridized carbons (Fsp3) is 0.900. The van der Waals surface area contributed by atoms with Gasteiger partial charge < -0.3 is 0 Å². The summed E-state index contributed by atoms with van der Waals surface area (Å²) >= 11 is 23.8. The Bertz CT molecular complexity index is 484. The number of sulfonamides is 1. The van der Waals surface area contributed by atoms with Gasteiger partial charge in [-0.15, -0.1) is 26.9 Å². The van der Waals surface area contributed by atoms with Gasteiger partial charge in [0.05, 0.1) is 12.3 Å². The molecule has 0 radical (unpaired) electrons. The Kier molecular flexibility index (Phi) is 6.63. The van der Waals surface area contributed by atoms with Crippen LogP contribution >= 0.6 is 58.4 Å². The maximum Gasteiger partial charge on any atom is 0.222 e. The fourth-order valence-electron chi connectivity index (χ4n) is 2.09. The van der Waals surface area contributed by atoms with Crippen molar-refractivity contribution >= 4 is 68.4 Å². The van der Waals surface area contributed by atoms with Crippen LogP contribution in [0.2, 0.25) is 0 Å². The molecule has 20 heavy (non-hydrogen) atoms. The topological polar surface area (TPSA) is 61.2 Å². The SMILES string of the molecule is CS(=O)(=O)N(SC(Cl)(Cl)C(Cl)Cl)C1(C#N)CCCCC1. The van der Waals surface area contributed by atoms with Crippen LogP contribution in [0.4, 0.5) is 0 Å². The average Bonchev–Trinajstić information content (AvgIpc) is 2.35. The van der Waals surface area contributed by atoms with Gasteiger partial charge in [-0.05, 0) is 24.8 Å². The van der Waals surface area contributed by atoms with Gasteiger partial charge in [-0.2, -0.15) is 5.26 Å². The zero-order chi connectivity index (χ0) is 15.6. The molecule has 1 aliphatic carbocycles. The van der Waals surface area contributed by atoms with Crippen LogP contribution < -0.4 is 0 Å². The van der Waals surface area contributed by atoms with Crippen molar-refractivity contribution in [2.45, 2.75) is 46.1 Å². The van der Waals surface area contributed by atoms with E-state index >= 15 is 0 Å². The van der Waals surface area contributed by atoms with Gasteiger partial charge in [0.2, 0.25) is 13.7 Å². The number of hydrogen-bond donors (Lipinski definition) is 0. The van der Waals surface area contributed by atoms with E-state index in [1.165, 1.54) is 0 Å². The summed E-state index contributed by atoms with van der Waals surface area (Å²) in [5.41, 5.74) is -1.16. The third-order valence-electron chi connectivity index (χ3n) is 3.00. The molecule has 0 aromatic rings. The van der Waals surface area contributed by atoms with E-state index in [1.807, 2.05) is 0 Å². The van der Waals surface area contributed by atoms with Gasteiger partial charge in [0.1, 0.15) is 5.54 Å². The quantitative estimate of drug-likeness (QED) is 0.516. The van der Waals surface area contributed by atoms with E-state index in [1.54, 1.807) is 0 Å². The summed E-state index contributed by atoms with van der Waals surface area (Å²) in [7, 11) is -3.71. The Balaban J connectivity index is 3.17. The standard InChI is InChI=1S/C10H14Cl4N2O2S2/c1-20(17,18)16(19-10(13,14)8(11)12)9(7-15)5-3-2-4-6-9/h8H,2-6H2,1H3. The van der Waals surface area contributed by atoms with Gasteiger partial charge in [0.15, 0.2) is 4.84 Å². The molecule has 1 aliphatic rings. The third kappa shape index (κ3) is 4.45. The number of hydrogen-bond acceptors (Lipinski definition) is 4. The lowest BCUT2D eigenvalue weighted by molar-refractivity contribution is 0.269. The molecule has 1 fully saturated rings. The number of halogens is 4. The van der Waals surface area contributed by atoms with Crippen LogP contribution in [-0.4, -0.2) is 32.4 Å². The van der Waals surface area contributed by atoms with Crippen molar-refractivity contribution in [2.24, 2.45) is 0 Å². The van der Waals surface area contributed by atoms with Crippen LogP contribution in [0.1, 0.15) is 32.1 Å². The highest BCUT2D eigenvalue weighted by atomic mass is 35.5. The van der Waals surface area contributed by atoms with Gasteiger partial charge in [-0.3, -0.25) is 0 Å². The Hall–Kier alpha value is 0.910. The van der Waals surface area contributed by atoms with Crippen LogP contribution in [-0.2, 0) is 10.0 Å². The number of alkyl halides is 4. The Morgan fingerprint density at radius 2 is 1.80 bits per heavy atom. The van der Waals surface area contributed by atoms with Gasteiger partial charge in [0.25, 0.3) is 0 Å². The minimum Gasteiger partial charge on any atom is -0.212 e. The van der Waals surface area contributed by atoms with E-state index < -0.39 is 24.1 Å². The maximum atomic E-state index is 12.0. The predicted octanol–water partition coefficient (Wildman–Crippen LogP) is 4.06. The first-order valence-electron chi connectivity index (χ1n) is 5.82. The van der Waals surface area contributed by atoms with E-state index in [0.717, 1.165) is 29.2 Å². The monoisotopic (exact) mass is 398 g/mol. The highest BCUT2D eigenvalue weighted by Crippen LogP contribution is 2.50. The highest BCUT2D eigenvalue weighted by molar-refractivity contribution is 8.10. The van der Waals surface area contributed by atoms with E-state index in [2.05, 4.69) is 6.07 Å². The van der Waals surface area contributed by atoms with Crippen molar-refractivity contribution in [3.63, 3.8) is 0 Å². The van der Waals surface area contributed by atoms with Gasteiger partial charge >= 0.3 is 0 Å². The molecule has 0 unspecified atom stereocenters. The third-order valence-corrected chi connectivity index (χ3v) is 8.19. The molecule has 0 aliphatic heterocycles. The second kappa shape index (κ2) is 6.99. The average molecular weight is 400 g/mol. The summed E-state index contributed by atoms with van der Waals surface area (Å²) in [5.74, 6) is 0. The number of rotatable bonds is 5. The van der Waals surface area contributed by atoms with Crippen LogP contribution in [0.25, 0.3) is 0 Å². The molecular formula is C10H14Cl4N2O2S2. The molecule has 1 saturated carbocycles. The van der Waals surface area contributed by atoms with E-state index in [-0.39, 0.29) is 0 Å². The molecule has 0 atom stereocenters. The highest BCUT2D eigenvalue weighted by Gasteiger charge is 2.49. The van der Waals surface area contributed by atoms with Crippen molar-refractivity contribution in [3.8, 4) is 6.07 Å². The lowest BCUT2D eigenvalue weighted by Gasteiger charge is -2.40. The van der Waals surface area contributed by atoms with Crippen LogP contribution in [0.3, 0.4) is 0 Å². The van der Waals surface area contributed by atoms with E-state index in [0.29, 0.717) is 24.8 Å². The molecule has 116 valence electrons. The van der Waals surface area contributed by atoms with E-state index in [4.69, 9.17) is 46.4 Å². The van der Waals surface area contributed by atoms with Crippen molar-refractivity contribution in [1.29, 1.82) is 5.26 Å². The second-order valence-corrected chi connectivity index (χ2v) is 10.8. The van der Waals surface area contributed by atoms with Gasteiger partial charge in [0, 0.05) is 0 Å². The Morgan fingerprint density at radius 3 is 2.15 bits per heavy atom. The zero-order valence-corrected chi connectivity index (χ0v) is 15.3. The molecule has 0 saturated heterocycles. The van der Waals surface area contributed by atoms with Crippen molar-refractivity contribution in [3.05, 3.63) is 0 Å². The molecule has 0 amide bonds. The van der Waals surface area contributed by atoms with Crippen LogP contribution in [0.15, 0.2) is 0 Å². The molecule has 0 N–H and O–H groups in total. The van der Waals surface area contributed by atoms with Gasteiger partial charge in [-0.1, -0.05) is 42.5 Å². The molecule has 0 aromatic carbocycles. The molecule has 0 bridgehead atoms. The first kappa shape index (κ1) is 19.0. The van der Waals surface area contributed by atoms with Crippen molar-refractivity contribution in [1.82, 2.24) is 3.71 Å².